The second-order valence-electron chi connectivity index (χ2n) is 10.3. The minimum Gasteiger partial charge on any atom is -0.494 e. The zero-order valence-corrected chi connectivity index (χ0v) is 21.4. The Labute approximate surface area is 212 Å². The van der Waals surface area contributed by atoms with Crippen molar-refractivity contribution in [2.24, 2.45) is 5.92 Å². The molecule has 3 atom stereocenters. The molecule has 4 rings (SSSR count). The van der Waals surface area contributed by atoms with Crippen molar-refractivity contribution in [2.45, 2.75) is 64.6 Å². The molecule has 1 N–H and O–H groups in total. The second kappa shape index (κ2) is 11.2. The van der Waals surface area contributed by atoms with Crippen LogP contribution in [0, 0.1) is 5.92 Å². The van der Waals surface area contributed by atoms with Gasteiger partial charge in [0.15, 0.2) is 0 Å². The largest absolute Gasteiger partial charge is 0.494 e. The molecule has 36 heavy (non-hydrogen) atoms. The van der Waals surface area contributed by atoms with E-state index in [0.29, 0.717) is 37.3 Å². The highest BCUT2D eigenvalue weighted by molar-refractivity contribution is 5.96. The number of hydrogen-bond donors (Lipinski definition) is 1. The molecule has 7 nitrogen and oxygen atoms in total. The van der Waals surface area contributed by atoms with Gasteiger partial charge in [-0.05, 0) is 67.1 Å². The molecular weight excluding hydrogens is 458 g/mol. The zero-order chi connectivity index (χ0) is 25.7. The van der Waals surface area contributed by atoms with Crippen LogP contribution < -0.4 is 14.8 Å². The third-order valence-electron chi connectivity index (χ3n) is 6.52. The summed E-state index contributed by atoms with van der Waals surface area (Å²) in [7, 11) is 0. The third kappa shape index (κ3) is 6.46. The number of hydrogen-bond acceptors (Lipinski definition) is 6. The van der Waals surface area contributed by atoms with E-state index in [9.17, 15) is 9.59 Å². The molecule has 0 spiro atoms. The van der Waals surface area contributed by atoms with Crippen molar-refractivity contribution in [1.29, 1.82) is 0 Å². The van der Waals surface area contributed by atoms with Gasteiger partial charge in [-0.25, -0.2) is 0 Å². The van der Waals surface area contributed by atoms with Gasteiger partial charge in [-0.3, -0.25) is 9.59 Å². The highest BCUT2D eigenvalue weighted by Crippen LogP contribution is 2.35. The summed E-state index contributed by atoms with van der Waals surface area (Å²) in [5, 5.41) is 2.82. The van der Waals surface area contributed by atoms with Crippen molar-refractivity contribution in [3.63, 3.8) is 0 Å². The molecule has 2 aliphatic rings. The number of ketones is 1. The molecular formula is C29H35NO6. The lowest BCUT2D eigenvalue weighted by Crippen LogP contribution is -2.43. The highest BCUT2D eigenvalue weighted by atomic mass is 16.5. The number of rotatable bonds is 8. The van der Waals surface area contributed by atoms with Crippen molar-refractivity contribution in [3.05, 3.63) is 66.1 Å². The third-order valence-corrected chi connectivity index (χ3v) is 6.52. The molecule has 2 aromatic carbocycles. The fourth-order valence-electron chi connectivity index (χ4n) is 4.50. The van der Waals surface area contributed by atoms with Crippen LogP contribution in [0.4, 0.5) is 5.69 Å². The summed E-state index contributed by atoms with van der Waals surface area (Å²) in [6.45, 7) is 8.91. The maximum Gasteiger partial charge on any atom is 0.250 e. The fourth-order valence-corrected chi connectivity index (χ4v) is 4.50. The van der Waals surface area contributed by atoms with Gasteiger partial charge in [-0.2, -0.15) is 0 Å². The van der Waals surface area contributed by atoms with Gasteiger partial charge < -0.3 is 24.3 Å². The van der Waals surface area contributed by atoms with Crippen LogP contribution in [0.25, 0.3) is 0 Å². The topological polar surface area (TPSA) is 83.1 Å². The number of fused-ring (bicyclic) bond motifs is 1. The normalized spacial score (nSPS) is 21.6. The number of carbonyl (C=O) groups is 2. The van der Waals surface area contributed by atoms with E-state index in [2.05, 4.69) is 26.1 Å². The molecule has 1 heterocycles. The molecule has 0 aromatic heterocycles. The molecule has 1 aliphatic heterocycles. The maximum atomic E-state index is 13.0. The Bertz CT molecular complexity index is 1080. The molecule has 0 saturated heterocycles. The lowest BCUT2D eigenvalue weighted by molar-refractivity contribution is -0.136. The van der Waals surface area contributed by atoms with Crippen molar-refractivity contribution in [3.8, 4) is 11.5 Å². The molecule has 1 aliphatic carbocycles. The molecule has 192 valence electrons. The van der Waals surface area contributed by atoms with Crippen LogP contribution in [0.2, 0.25) is 0 Å². The van der Waals surface area contributed by atoms with E-state index in [1.807, 2.05) is 43.3 Å². The fraction of sp³-hybridized carbons (Fsp3) is 0.448. The zero-order valence-electron chi connectivity index (χ0n) is 21.4. The van der Waals surface area contributed by atoms with Gasteiger partial charge >= 0.3 is 0 Å². The van der Waals surface area contributed by atoms with E-state index < -0.39 is 0 Å². The average molecular weight is 494 g/mol. The van der Waals surface area contributed by atoms with Gasteiger partial charge in [0.05, 0.1) is 18.6 Å². The molecule has 3 unspecified atom stereocenters. The number of anilines is 1. The Kier molecular flexibility index (Phi) is 7.99. The van der Waals surface area contributed by atoms with Crippen molar-refractivity contribution >= 4 is 17.4 Å². The minimum atomic E-state index is -0.277. The van der Waals surface area contributed by atoms with E-state index in [1.165, 1.54) is 11.8 Å². The Balaban J connectivity index is 1.26. The average Bonchev–Trinajstić information content (AvgIpc) is 2.86. The minimum absolute atomic E-state index is 0.0437. The summed E-state index contributed by atoms with van der Waals surface area (Å²) in [5.74, 6) is 1.06. The van der Waals surface area contributed by atoms with Crippen LogP contribution in [-0.2, 0) is 24.5 Å². The van der Waals surface area contributed by atoms with Gasteiger partial charge in [-0.15, -0.1) is 0 Å². The molecule has 1 amide bonds. The smallest absolute Gasteiger partial charge is 0.250 e. The van der Waals surface area contributed by atoms with Crippen LogP contribution in [-0.4, -0.2) is 37.1 Å². The van der Waals surface area contributed by atoms with Gasteiger partial charge in [0.2, 0.25) is 17.4 Å². The molecule has 1 fully saturated rings. The predicted octanol–water partition coefficient (Wildman–Crippen LogP) is 5.39. The summed E-state index contributed by atoms with van der Waals surface area (Å²) in [5.41, 5.74) is 1.93. The summed E-state index contributed by atoms with van der Waals surface area (Å²) in [6, 6.07) is 15.0. The quantitative estimate of drug-likeness (QED) is 0.531. The first-order valence-electron chi connectivity index (χ1n) is 12.6. The molecule has 7 heteroatoms. The summed E-state index contributed by atoms with van der Waals surface area (Å²) in [4.78, 5) is 25.4. The van der Waals surface area contributed by atoms with Gasteiger partial charge in [0, 0.05) is 12.1 Å². The highest BCUT2D eigenvalue weighted by Gasteiger charge is 2.41. The van der Waals surface area contributed by atoms with Crippen LogP contribution in [0.5, 0.6) is 11.5 Å². The molecule has 0 bridgehead atoms. The lowest BCUT2D eigenvalue weighted by Gasteiger charge is -2.37. The summed E-state index contributed by atoms with van der Waals surface area (Å²) < 4.78 is 23.0. The Morgan fingerprint density at radius 1 is 1.03 bits per heavy atom. The van der Waals surface area contributed by atoms with Crippen LogP contribution in [0.3, 0.4) is 0 Å². The van der Waals surface area contributed by atoms with Crippen LogP contribution in [0.15, 0.2) is 60.6 Å². The Hall–Kier alpha value is -3.32. The van der Waals surface area contributed by atoms with E-state index >= 15 is 0 Å². The SMILES string of the molecule is CCOc1ccc(NC(=O)COC2CCC3C(=O)C(Oc4ccc(C(C)(C)C)cc4)=COC3C2)cc1. The number of ether oxygens (including phenoxy) is 4. The van der Waals surface area contributed by atoms with Gasteiger partial charge in [0.1, 0.15) is 30.5 Å². The number of allylic oxidation sites excluding steroid dienone is 1. The van der Waals surface area contributed by atoms with E-state index in [1.54, 1.807) is 12.1 Å². The number of benzene rings is 2. The molecule has 0 radical (unpaired) electrons. The Morgan fingerprint density at radius 2 is 1.72 bits per heavy atom. The van der Waals surface area contributed by atoms with E-state index in [0.717, 1.165) is 5.75 Å². The van der Waals surface area contributed by atoms with Crippen molar-refractivity contribution in [2.75, 3.05) is 18.5 Å². The standard InChI is InChI=1S/C29H35NO6/c1-5-33-21-12-8-20(9-13-21)30-27(31)18-34-23-14-15-24-25(16-23)35-17-26(28(24)32)36-22-10-6-19(7-11-22)29(2,3)4/h6-13,17,23-25H,5,14-16,18H2,1-4H3,(H,30,31). The number of carbonyl (C=O) groups excluding carboxylic acids is 2. The van der Waals surface area contributed by atoms with Crippen molar-refractivity contribution < 1.29 is 28.5 Å². The summed E-state index contributed by atoms with van der Waals surface area (Å²) >= 11 is 0. The van der Waals surface area contributed by atoms with Crippen LogP contribution >= 0.6 is 0 Å². The number of Topliss-reactive ketones (excluding diaryl/α,β-unsaturated/α-hetero) is 1. The predicted molar refractivity (Wildman–Crippen MR) is 137 cm³/mol. The van der Waals surface area contributed by atoms with Crippen molar-refractivity contribution in [1.82, 2.24) is 0 Å². The lowest BCUT2D eigenvalue weighted by atomic mass is 9.80. The number of amides is 1. The maximum absolute atomic E-state index is 13.0. The van der Waals surface area contributed by atoms with E-state index in [4.69, 9.17) is 18.9 Å². The second-order valence-corrected chi connectivity index (χ2v) is 10.3. The molecule has 1 saturated carbocycles. The summed E-state index contributed by atoms with van der Waals surface area (Å²) in [6.07, 6.45) is 2.85. The van der Waals surface area contributed by atoms with Gasteiger partial charge in [0.25, 0.3) is 0 Å². The Morgan fingerprint density at radius 3 is 2.39 bits per heavy atom. The first-order chi connectivity index (χ1) is 17.2. The first kappa shape index (κ1) is 25.8. The van der Waals surface area contributed by atoms with E-state index in [-0.39, 0.29) is 47.6 Å². The monoisotopic (exact) mass is 493 g/mol. The number of nitrogens with one attached hydrogen (secondary N) is 1. The molecule has 2 aromatic rings. The van der Waals surface area contributed by atoms with Gasteiger partial charge in [-0.1, -0.05) is 32.9 Å². The van der Waals surface area contributed by atoms with Crippen LogP contribution in [0.1, 0.15) is 52.5 Å². The first-order valence-corrected chi connectivity index (χ1v) is 12.6.